The second-order valence-electron chi connectivity index (χ2n) is 6.38. The molecule has 0 saturated carbocycles. The van der Waals surface area contributed by atoms with E-state index in [1.165, 1.54) is 0 Å². The summed E-state index contributed by atoms with van der Waals surface area (Å²) in [4.78, 5) is 16.9. The molecule has 1 heterocycles. The molecule has 2 aromatic carbocycles. The van der Waals surface area contributed by atoms with Gasteiger partial charge in [-0.1, -0.05) is 43.3 Å². The SMILES string of the molecule is CCc1ccccc1NC(=O)c1ccnc(NCCc2ccccc2OC)c1. The van der Waals surface area contributed by atoms with Gasteiger partial charge < -0.3 is 15.4 Å². The van der Waals surface area contributed by atoms with Gasteiger partial charge in [0.2, 0.25) is 0 Å². The fourth-order valence-electron chi connectivity index (χ4n) is 3.05. The lowest BCUT2D eigenvalue weighted by molar-refractivity contribution is 0.102. The summed E-state index contributed by atoms with van der Waals surface area (Å²) in [5.74, 6) is 1.40. The Balaban J connectivity index is 1.62. The van der Waals surface area contributed by atoms with Gasteiger partial charge in [-0.3, -0.25) is 4.79 Å². The lowest BCUT2D eigenvalue weighted by Gasteiger charge is -2.11. The van der Waals surface area contributed by atoms with E-state index in [-0.39, 0.29) is 5.91 Å². The van der Waals surface area contributed by atoms with Crippen molar-refractivity contribution in [2.24, 2.45) is 0 Å². The summed E-state index contributed by atoms with van der Waals surface area (Å²) >= 11 is 0. The molecule has 0 spiro atoms. The maximum atomic E-state index is 12.6. The smallest absolute Gasteiger partial charge is 0.255 e. The van der Waals surface area contributed by atoms with E-state index in [0.29, 0.717) is 17.9 Å². The average molecular weight is 375 g/mol. The summed E-state index contributed by atoms with van der Waals surface area (Å²) in [6.45, 7) is 2.76. The molecule has 2 N–H and O–H groups in total. The highest BCUT2D eigenvalue weighted by atomic mass is 16.5. The third-order valence-electron chi connectivity index (χ3n) is 4.56. The highest BCUT2D eigenvalue weighted by Crippen LogP contribution is 2.19. The minimum Gasteiger partial charge on any atom is -0.496 e. The number of para-hydroxylation sites is 2. The number of carbonyl (C=O) groups is 1. The molecule has 0 unspecified atom stereocenters. The van der Waals surface area contributed by atoms with Crippen molar-refractivity contribution in [1.29, 1.82) is 0 Å². The molecule has 5 heteroatoms. The third kappa shape index (κ3) is 4.88. The van der Waals surface area contributed by atoms with Crippen LogP contribution in [0.5, 0.6) is 5.75 Å². The number of aromatic nitrogens is 1. The summed E-state index contributed by atoms with van der Waals surface area (Å²) < 4.78 is 5.38. The van der Waals surface area contributed by atoms with E-state index in [1.54, 1.807) is 25.4 Å². The number of hydrogen-bond donors (Lipinski definition) is 2. The minimum atomic E-state index is -0.143. The molecular formula is C23H25N3O2. The van der Waals surface area contributed by atoms with Gasteiger partial charge in [-0.25, -0.2) is 4.98 Å². The zero-order valence-corrected chi connectivity index (χ0v) is 16.2. The summed E-state index contributed by atoms with van der Waals surface area (Å²) in [6.07, 6.45) is 3.31. The van der Waals surface area contributed by atoms with Gasteiger partial charge in [0.05, 0.1) is 7.11 Å². The number of aryl methyl sites for hydroxylation is 1. The average Bonchev–Trinajstić information content (AvgIpc) is 2.74. The van der Waals surface area contributed by atoms with Crippen molar-refractivity contribution >= 4 is 17.4 Å². The van der Waals surface area contributed by atoms with Gasteiger partial charge in [0.25, 0.3) is 5.91 Å². The Labute approximate surface area is 165 Å². The Morgan fingerprint density at radius 2 is 1.79 bits per heavy atom. The molecule has 5 nitrogen and oxygen atoms in total. The number of ether oxygens (including phenoxy) is 1. The van der Waals surface area contributed by atoms with Crippen LogP contribution >= 0.6 is 0 Å². The summed E-state index contributed by atoms with van der Waals surface area (Å²) in [5, 5.41) is 6.27. The van der Waals surface area contributed by atoms with E-state index in [0.717, 1.165) is 35.4 Å². The fraction of sp³-hybridized carbons (Fsp3) is 0.217. The quantitative estimate of drug-likeness (QED) is 0.606. The van der Waals surface area contributed by atoms with Crippen molar-refractivity contribution in [2.45, 2.75) is 19.8 Å². The standard InChI is InChI=1S/C23H25N3O2/c1-3-17-8-4-6-10-20(17)26-23(27)19-13-15-25-22(16-19)24-14-12-18-9-5-7-11-21(18)28-2/h4-11,13,15-16H,3,12,14H2,1-2H3,(H,24,25)(H,26,27). The first-order chi connectivity index (χ1) is 13.7. The maximum absolute atomic E-state index is 12.6. The Hall–Kier alpha value is -3.34. The Morgan fingerprint density at radius 1 is 1.04 bits per heavy atom. The zero-order valence-electron chi connectivity index (χ0n) is 16.2. The van der Waals surface area contributed by atoms with Crippen LogP contribution in [0.15, 0.2) is 66.9 Å². The predicted octanol–water partition coefficient (Wildman–Crippen LogP) is 4.56. The van der Waals surface area contributed by atoms with Crippen LogP contribution in [0.4, 0.5) is 11.5 Å². The second-order valence-corrected chi connectivity index (χ2v) is 6.38. The molecule has 0 saturated heterocycles. The van der Waals surface area contributed by atoms with Crippen LogP contribution in [0.25, 0.3) is 0 Å². The van der Waals surface area contributed by atoms with E-state index in [1.807, 2.05) is 48.5 Å². The highest BCUT2D eigenvalue weighted by molar-refractivity contribution is 6.05. The summed E-state index contributed by atoms with van der Waals surface area (Å²) in [5.41, 5.74) is 3.65. The van der Waals surface area contributed by atoms with Gasteiger partial charge in [-0.2, -0.15) is 0 Å². The van der Waals surface area contributed by atoms with Crippen LogP contribution in [0.3, 0.4) is 0 Å². The molecule has 3 rings (SSSR count). The van der Waals surface area contributed by atoms with Crippen LogP contribution < -0.4 is 15.4 Å². The van der Waals surface area contributed by atoms with E-state index in [4.69, 9.17) is 4.74 Å². The van der Waals surface area contributed by atoms with Crippen LogP contribution in [0.2, 0.25) is 0 Å². The molecule has 144 valence electrons. The molecule has 0 aliphatic heterocycles. The topological polar surface area (TPSA) is 63.2 Å². The number of pyridine rings is 1. The van der Waals surface area contributed by atoms with Crippen molar-refractivity contribution < 1.29 is 9.53 Å². The molecule has 0 aliphatic carbocycles. The summed E-state index contributed by atoms with van der Waals surface area (Å²) in [6, 6.07) is 19.3. The zero-order chi connectivity index (χ0) is 19.8. The molecule has 1 amide bonds. The van der Waals surface area contributed by atoms with Gasteiger partial charge in [0, 0.05) is 24.0 Å². The first kappa shape index (κ1) is 19.4. The van der Waals surface area contributed by atoms with Crippen molar-refractivity contribution in [1.82, 2.24) is 4.98 Å². The largest absolute Gasteiger partial charge is 0.496 e. The number of nitrogens with one attached hydrogen (secondary N) is 2. The Morgan fingerprint density at radius 3 is 2.57 bits per heavy atom. The normalized spacial score (nSPS) is 10.4. The monoisotopic (exact) mass is 375 g/mol. The number of anilines is 2. The molecule has 28 heavy (non-hydrogen) atoms. The molecular weight excluding hydrogens is 350 g/mol. The van der Waals surface area contributed by atoms with E-state index >= 15 is 0 Å². The third-order valence-corrected chi connectivity index (χ3v) is 4.56. The molecule has 0 aliphatic rings. The van der Waals surface area contributed by atoms with Crippen molar-refractivity contribution in [3.05, 3.63) is 83.6 Å². The Bertz CT molecular complexity index is 940. The number of methoxy groups -OCH3 is 1. The molecule has 1 aromatic heterocycles. The van der Waals surface area contributed by atoms with Crippen LogP contribution in [0.1, 0.15) is 28.4 Å². The minimum absolute atomic E-state index is 0.143. The molecule has 3 aromatic rings. The van der Waals surface area contributed by atoms with Crippen LogP contribution in [-0.4, -0.2) is 24.5 Å². The van der Waals surface area contributed by atoms with E-state index in [9.17, 15) is 4.79 Å². The van der Waals surface area contributed by atoms with Crippen LogP contribution in [0, 0.1) is 0 Å². The van der Waals surface area contributed by atoms with Gasteiger partial charge in [-0.15, -0.1) is 0 Å². The highest BCUT2D eigenvalue weighted by Gasteiger charge is 2.09. The van der Waals surface area contributed by atoms with Crippen molar-refractivity contribution in [3.63, 3.8) is 0 Å². The first-order valence-electron chi connectivity index (χ1n) is 9.42. The number of carbonyl (C=O) groups excluding carboxylic acids is 1. The van der Waals surface area contributed by atoms with E-state index < -0.39 is 0 Å². The molecule has 0 radical (unpaired) electrons. The van der Waals surface area contributed by atoms with Crippen LogP contribution in [-0.2, 0) is 12.8 Å². The number of rotatable bonds is 8. The Kier molecular flexibility index (Phi) is 6.63. The fourth-order valence-corrected chi connectivity index (χ4v) is 3.05. The van der Waals surface area contributed by atoms with Gasteiger partial charge in [0.15, 0.2) is 0 Å². The number of amides is 1. The maximum Gasteiger partial charge on any atom is 0.255 e. The van der Waals surface area contributed by atoms with Gasteiger partial charge in [-0.05, 0) is 48.2 Å². The van der Waals surface area contributed by atoms with Gasteiger partial charge in [0.1, 0.15) is 11.6 Å². The number of benzene rings is 2. The summed E-state index contributed by atoms with van der Waals surface area (Å²) in [7, 11) is 1.67. The predicted molar refractivity (Wildman–Crippen MR) is 113 cm³/mol. The van der Waals surface area contributed by atoms with Crippen molar-refractivity contribution in [3.8, 4) is 5.75 Å². The lowest BCUT2D eigenvalue weighted by atomic mass is 10.1. The van der Waals surface area contributed by atoms with E-state index in [2.05, 4.69) is 22.5 Å². The molecule has 0 fully saturated rings. The lowest BCUT2D eigenvalue weighted by Crippen LogP contribution is -2.14. The number of hydrogen-bond acceptors (Lipinski definition) is 4. The molecule has 0 atom stereocenters. The number of nitrogens with zero attached hydrogens (tertiary/aromatic N) is 1. The van der Waals surface area contributed by atoms with Crippen molar-refractivity contribution in [2.75, 3.05) is 24.3 Å². The molecule has 0 bridgehead atoms. The second kappa shape index (κ2) is 9.55. The van der Waals surface area contributed by atoms with Gasteiger partial charge >= 0.3 is 0 Å². The first-order valence-corrected chi connectivity index (χ1v) is 9.42.